The lowest BCUT2D eigenvalue weighted by Gasteiger charge is -2.07. The SMILES string of the molecule is CCCS(=O)(=O)NCC(=O)Nc1ccccc1F. The number of anilines is 1. The molecule has 18 heavy (non-hydrogen) atoms. The number of hydrogen-bond donors (Lipinski definition) is 2. The lowest BCUT2D eigenvalue weighted by molar-refractivity contribution is -0.115. The van der Waals surface area contributed by atoms with Crippen molar-refractivity contribution in [2.45, 2.75) is 13.3 Å². The summed E-state index contributed by atoms with van der Waals surface area (Å²) in [5, 5.41) is 2.28. The van der Waals surface area contributed by atoms with E-state index < -0.39 is 28.3 Å². The van der Waals surface area contributed by atoms with Gasteiger partial charge in [-0.25, -0.2) is 17.5 Å². The summed E-state index contributed by atoms with van der Waals surface area (Å²) in [5.74, 6) is -1.22. The first kappa shape index (κ1) is 14.6. The Hall–Kier alpha value is -1.47. The second kappa shape index (κ2) is 6.46. The highest BCUT2D eigenvalue weighted by molar-refractivity contribution is 7.89. The molecule has 1 aromatic rings. The van der Waals surface area contributed by atoms with Gasteiger partial charge in [-0.2, -0.15) is 0 Å². The van der Waals surface area contributed by atoms with Crippen LogP contribution >= 0.6 is 0 Å². The zero-order valence-electron chi connectivity index (χ0n) is 9.94. The third kappa shape index (κ3) is 4.80. The van der Waals surface area contributed by atoms with Crippen molar-refractivity contribution < 1.29 is 17.6 Å². The zero-order valence-corrected chi connectivity index (χ0v) is 10.8. The van der Waals surface area contributed by atoms with Crippen LogP contribution in [0.25, 0.3) is 0 Å². The van der Waals surface area contributed by atoms with E-state index in [1.807, 2.05) is 0 Å². The first-order valence-corrected chi connectivity index (χ1v) is 7.11. The second-order valence-electron chi connectivity index (χ2n) is 3.67. The summed E-state index contributed by atoms with van der Waals surface area (Å²) in [6.07, 6.45) is 0.463. The van der Waals surface area contributed by atoms with Gasteiger partial charge in [-0.3, -0.25) is 4.79 Å². The molecule has 7 heteroatoms. The number of sulfonamides is 1. The molecule has 0 aliphatic heterocycles. The van der Waals surface area contributed by atoms with E-state index in [-0.39, 0.29) is 11.4 Å². The monoisotopic (exact) mass is 274 g/mol. The van der Waals surface area contributed by atoms with Crippen LogP contribution in [0.15, 0.2) is 24.3 Å². The van der Waals surface area contributed by atoms with E-state index in [9.17, 15) is 17.6 Å². The van der Waals surface area contributed by atoms with Crippen LogP contribution in [-0.4, -0.2) is 26.6 Å². The molecular formula is C11H15FN2O3S. The highest BCUT2D eigenvalue weighted by Crippen LogP contribution is 2.11. The van der Waals surface area contributed by atoms with Crippen molar-refractivity contribution >= 4 is 21.6 Å². The van der Waals surface area contributed by atoms with E-state index in [1.54, 1.807) is 13.0 Å². The molecule has 1 aromatic carbocycles. The fourth-order valence-corrected chi connectivity index (χ4v) is 2.31. The van der Waals surface area contributed by atoms with Crippen LogP contribution in [0.2, 0.25) is 0 Å². The topological polar surface area (TPSA) is 75.3 Å². The predicted octanol–water partition coefficient (Wildman–Crippen LogP) is 1.09. The van der Waals surface area contributed by atoms with Crippen molar-refractivity contribution in [2.75, 3.05) is 17.6 Å². The molecule has 0 saturated heterocycles. The number of benzene rings is 1. The Morgan fingerprint density at radius 1 is 1.33 bits per heavy atom. The Morgan fingerprint density at radius 2 is 2.00 bits per heavy atom. The van der Waals surface area contributed by atoms with Crippen LogP contribution in [0.5, 0.6) is 0 Å². The van der Waals surface area contributed by atoms with Crippen LogP contribution in [-0.2, 0) is 14.8 Å². The maximum atomic E-state index is 13.2. The van der Waals surface area contributed by atoms with Gasteiger partial charge in [0.05, 0.1) is 18.0 Å². The molecule has 0 heterocycles. The lowest BCUT2D eigenvalue weighted by Crippen LogP contribution is -2.34. The molecule has 0 saturated carbocycles. The molecule has 2 N–H and O–H groups in total. The molecule has 1 amide bonds. The van der Waals surface area contributed by atoms with Gasteiger partial charge < -0.3 is 5.32 Å². The van der Waals surface area contributed by atoms with E-state index in [1.165, 1.54) is 18.2 Å². The van der Waals surface area contributed by atoms with Crippen molar-refractivity contribution in [2.24, 2.45) is 0 Å². The molecule has 0 fully saturated rings. The van der Waals surface area contributed by atoms with Gasteiger partial charge >= 0.3 is 0 Å². The van der Waals surface area contributed by atoms with E-state index in [0.29, 0.717) is 6.42 Å². The number of carbonyl (C=O) groups excluding carboxylic acids is 1. The standard InChI is InChI=1S/C11H15FN2O3S/c1-2-7-18(16,17)13-8-11(15)14-10-6-4-3-5-9(10)12/h3-6,13H,2,7-8H2,1H3,(H,14,15). The van der Waals surface area contributed by atoms with Crippen LogP contribution in [0, 0.1) is 5.82 Å². The number of halogens is 1. The van der Waals surface area contributed by atoms with Gasteiger partial charge in [0.25, 0.3) is 0 Å². The fraction of sp³-hybridized carbons (Fsp3) is 0.364. The molecule has 0 aromatic heterocycles. The molecule has 1 rings (SSSR count). The maximum absolute atomic E-state index is 13.2. The number of hydrogen-bond acceptors (Lipinski definition) is 3. The van der Waals surface area contributed by atoms with Crippen molar-refractivity contribution in [1.82, 2.24) is 4.72 Å². The summed E-state index contributed by atoms with van der Waals surface area (Å²) in [6.45, 7) is 1.31. The number of nitrogens with one attached hydrogen (secondary N) is 2. The summed E-state index contributed by atoms with van der Waals surface area (Å²) in [7, 11) is -3.43. The van der Waals surface area contributed by atoms with Gasteiger partial charge in [0.1, 0.15) is 5.82 Å². The van der Waals surface area contributed by atoms with E-state index in [0.717, 1.165) is 0 Å². The summed E-state index contributed by atoms with van der Waals surface area (Å²) < 4.78 is 37.9. The Bertz CT molecular complexity index is 517. The zero-order chi connectivity index (χ0) is 13.6. The van der Waals surface area contributed by atoms with Crippen LogP contribution in [0.4, 0.5) is 10.1 Å². The Kier molecular flexibility index (Phi) is 5.24. The Labute approximate surface area is 105 Å². The van der Waals surface area contributed by atoms with Gasteiger partial charge in [-0.05, 0) is 18.6 Å². The molecule has 0 aliphatic rings. The second-order valence-corrected chi connectivity index (χ2v) is 5.59. The number of amides is 1. The van der Waals surface area contributed by atoms with Gasteiger partial charge in [-0.15, -0.1) is 0 Å². The minimum Gasteiger partial charge on any atom is -0.322 e. The van der Waals surface area contributed by atoms with Crippen molar-refractivity contribution in [3.8, 4) is 0 Å². The van der Waals surface area contributed by atoms with Gasteiger partial charge in [0.2, 0.25) is 15.9 Å². The van der Waals surface area contributed by atoms with Gasteiger partial charge in [0, 0.05) is 0 Å². The molecule has 0 atom stereocenters. The summed E-state index contributed by atoms with van der Waals surface area (Å²) in [5.41, 5.74) is 0.0252. The third-order valence-electron chi connectivity index (χ3n) is 2.07. The first-order chi connectivity index (χ1) is 8.44. The van der Waals surface area contributed by atoms with Crippen LogP contribution < -0.4 is 10.0 Å². The smallest absolute Gasteiger partial charge is 0.239 e. The molecular weight excluding hydrogens is 259 g/mol. The number of carbonyl (C=O) groups is 1. The average molecular weight is 274 g/mol. The molecule has 0 bridgehead atoms. The van der Waals surface area contributed by atoms with Crippen molar-refractivity contribution in [3.05, 3.63) is 30.1 Å². The quantitative estimate of drug-likeness (QED) is 0.815. The van der Waals surface area contributed by atoms with Crippen LogP contribution in [0.3, 0.4) is 0 Å². The maximum Gasteiger partial charge on any atom is 0.239 e. The molecule has 0 radical (unpaired) electrons. The lowest BCUT2D eigenvalue weighted by atomic mass is 10.3. The molecule has 100 valence electrons. The van der Waals surface area contributed by atoms with Crippen LogP contribution in [0.1, 0.15) is 13.3 Å². The molecule has 0 spiro atoms. The minimum absolute atomic E-state index is 0.0252. The van der Waals surface area contributed by atoms with Gasteiger partial charge in [0.15, 0.2) is 0 Å². The third-order valence-corrected chi connectivity index (χ3v) is 3.60. The van der Waals surface area contributed by atoms with E-state index in [4.69, 9.17) is 0 Å². The van der Waals surface area contributed by atoms with E-state index in [2.05, 4.69) is 10.0 Å². The van der Waals surface area contributed by atoms with Crippen molar-refractivity contribution in [3.63, 3.8) is 0 Å². The average Bonchev–Trinajstić information content (AvgIpc) is 2.30. The predicted molar refractivity (Wildman–Crippen MR) is 67.1 cm³/mol. The summed E-state index contributed by atoms with van der Waals surface area (Å²) >= 11 is 0. The highest BCUT2D eigenvalue weighted by Gasteiger charge is 2.12. The number of rotatable bonds is 6. The molecule has 0 unspecified atom stereocenters. The summed E-state index contributed by atoms with van der Waals surface area (Å²) in [4.78, 5) is 11.4. The van der Waals surface area contributed by atoms with Gasteiger partial charge in [-0.1, -0.05) is 19.1 Å². The number of para-hydroxylation sites is 1. The molecule has 0 aliphatic carbocycles. The largest absolute Gasteiger partial charge is 0.322 e. The van der Waals surface area contributed by atoms with Crippen molar-refractivity contribution in [1.29, 1.82) is 0 Å². The Morgan fingerprint density at radius 3 is 2.61 bits per heavy atom. The normalized spacial score (nSPS) is 11.2. The van der Waals surface area contributed by atoms with E-state index >= 15 is 0 Å². The first-order valence-electron chi connectivity index (χ1n) is 5.46. The minimum atomic E-state index is -3.43. The summed E-state index contributed by atoms with van der Waals surface area (Å²) in [6, 6.07) is 5.67. The molecule has 5 nitrogen and oxygen atoms in total. The highest BCUT2D eigenvalue weighted by atomic mass is 32.2. The fourth-order valence-electron chi connectivity index (χ4n) is 1.27. The Balaban J connectivity index is 2.51.